The second kappa shape index (κ2) is 5.65. The van der Waals surface area contributed by atoms with E-state index in [4.69, 9.17) is 0 Å². The molecule has 2 aliphatic rings. The predicted octanol–water partition coefficient (Wildman–Crippen LogP) is 4.97. The molecule has 1 aliphatic heterocycles. The summed E-state index contributed by atoms with van der Waals surface area (Å²) in [6, 6.07) is 14.1. The van der Waals surface area contributed by atoms with Gasteiger partial charge in [-0.1, -0.05) is 30.3 Å². The third-order valence-electron chi connectivity index (χ3n) is 6.92. The Balaban J connectivity index is 1.90. The van der Waals surface area contributed by atoms with Crippen LogP contribution < -0.4 is 15.2 Å². The number of fused-ring (bicyclic) bond motifs is 3. The smallest absolute Gasteiger partial charge is 0.200 e. The summed E-state index contributed by atoms with van der Waals surface area (Å²) in [6.45, 7) is 7.10. The highest BCUT2D eigenvalue weighted by molar-refractivity contribution is 7.73. The number of aromatic nitrogens is 1. The standard InChI is InChI=1S/C26H25NP/c1-15-13-18-11-12-27(3)25-22-16(2)19-9-5-7-17-8-6-10-20(23(17)19)26(22)28(4)21(14-15)24(18)25/h5,7,9,11-14H,6,8,10H2,1-4H3/q+1. The second-order valence-corrected chi connectivity index (χ2v) is 10.7. The summed E-state index contributed by atoms with van der Waals surface area (Å²) < 4.78 is 2.36. The van der Waals surface area contributed by atoms with Crippen molar-refractivity contribution in [2.24, 2.45) is 7.05 Å². The summed E-state index contributed by atoms with van der Waals surface area (Å²) in [5.41, 5.74) is 9.02. The Kier molecular flexibility index (Phi) is 3.37. The van der Waals surface area contributed by atoms with E-state index in [0.717, 1.165) is 0 Å². The lowest BCUT2D eigenvalue weighted by atomic mass is 9.83. The molecule has 2 heterocycles. The minimum atomic E-state index is -0.349. The Bertz CT molecular complexity index is 1330. The van der Waals surface area contributed by atoms with Crippen LogP contribution in [0.5, 0.6) is 0 Å². The van der Waals surface area contributed by atoms with Crippen molar-refractivity contribution >= 4 is 40.1 Å². The molecule has 1 nitrogen and oxygen atoms in total. The maximum Gasteiger partial charge on any atom is 0.221 e. The lowest BCUT2D eigenvalue weighted by Crippen LogP contribution is -2.37. The van der Waals surface area contributed by atoms with E-state index in [2.05, 4.69) is 74.7 Å². The first-order valence-electron chi connectivity index (χ1n) is 10.3. The van der Waals surface area contributed by atoms with Crippen molar-refractivity contribution in [1.82, 2.24) is 0 Å². The van der Waals surface area contributed by atoms with Crippen molar-refractivity contribution in [3.8, 4) is 11.3 Å². The second-order valence-electron chi connectivity index (χ2n) is 8.60. The maximum atomic E-state index is 2.50. The van der Waals surface area contributed by atoms with Crippen LogP contribution in [0, 0.1) is 13.8 Å². The van der Waals surface area contributed by atoms with Crippen molar-refractivity contribution < 1.29 is 4.57 Å². The number of rotatable bonds is 0. The number of benzene rings is 3. The Morgan fingerprint density at radius 1 is 1.00 bits per heavy atom. The molecule has 1 aromatic heterocycles. The van der Waals surface area contributed by atoms with Crippen LogP contribution in [0.2, 0.25) is 0 Å². The van der Waals surface area contributed by atoms with Crippen molar-refractivity contribution in [2.45, 2.75) is 33.1 Å². The van der Waals surface area contributed by atoms with Crippen LogP contribution in [0.1, 0.15) is 28.7 Å². The molecule has 0 saturated carbocycles. The number of hydrogen-bond acceptors (Lipinski definition) is 0. The third kappa shape index (κ3) is 1.98. The van der Waals surface area contributed by atoms with E-state index >= 15 is 0 Å². The molecule has 138 valence electrons. The minimum absolute atomic E-state index is 0.349. The lowest BCUT2D eigenvalue weighted by molar-refractivity contribution is -0.659. The van der Waals surface area contributed by atoms with Gasteiger partial charge in [0.05, 0.1) is 10.9 Å². The van der Waals surface area contributed by atoms with E-state index in [1.165, 1.54) is 57.8 Å². The van der Waals surface area contributed by atoms with Gasteiger partial charge in [-0.2, -0.15) is 0 Å². The molecular formula is C26H25NP+. The molecule has 0 amide bonds. The zero-order valence-electron chi connectivity index (χ0n) is 17.1. The SMILES string of the molecule is Cc1cc2c3c([n+](C)ccc3c1)-c1c(c3c4c(cccc4c1C)CCC3)P2C. The fourth-order valence-electron chi connectivity index (χ4n) is 5.73. The number of pyridine rings is 1. The van der Waals surface area contributed by atoms with Gasteiger partial charge < -0.3 is 0 Å². The summed E-state index contributed by atoms with van der Waals surface area (Å²) in [5.74, 6) is 0. The molecule has 0 bridgehead atoms. The first kappa shape index (κ1) is 16.7. The highest BCUT2D eigenvalue weighted by Crippen LogP contribution is 2.48. The molecular weight excluding hydrogens is 357 g/mol. The average Bonchev–Trinajstić information content (AvgIpc) is 2.69. The van der Waals surface area contributed by atoms with E-state index < -0.39 is 0 Å². The molecule has 0 saturated heterocycles. The highest BCUT2D eigenvalue weighted by atomic mass is 31.1. The summed E-state index contributed by atoms with van der Waals surface area (Å²) in [5, 5.41) is 9.16. The van der Waals surface area contributed by atoms with Crippen LogP contribution in [-0.4, -0.2) is 6.66 Å². The Morgan fingerprint density at radius 3 is 2.71 bits per heavy atom. The predicted molar refractivity (Wildman–Crippen MR) is 122 cm³/mol. The highest BCUT2D eigenvalue weighted by Gasteiger charge is 2.35. The van der Waals surface area contributed by atoms with Gasteiger partial charge in [0, 0.05) is 6.07 Å². The molecule has 0 N–H and O–H groups in total. The topological polar surface area (TPSA) is 3.88 Å². The summed E-state index contributed by atoms with van der Waals surface area (Å²) in [7, 11) is 1.87. The molecule has 6 rings (SSSR count). The van der Waals surface area contributed by atoms with Gasteiger partial charge in [-0.15, -0.1) is 0 Å². The molecule has 4 aromatic rings. The molecule has 28 heavy (non-hydrogen) atoms. The Morgan fingerprint density at radius 2 is 1.86 bits per heavy atom. The first-order valence-corrected chi connectivity index (χ1v) is 12.1. The van der Waals surface area contributed by atoms with Crippen molar-refractivity contribution in [3.63, 3.8) is 0 Å². The normalized spacial score (nSPS) is 17.2. The molecule has 1 unspecified atom stereocenters. The van der Waals surface area contributed by atoms with E-state index in [-0.39, 0.29) is 7.92 Å². The molecule has 2 heteroatoms. The van der Waals surface area contributed by atoms with Crippen LogP contribution in [0.3, 0.4) is 0 Å². The minimum Gasteiger partial charge on any atom is -0.200 e. The van der Waals surface area contributed by atoms with Gasteiger partial charge >= 0.3 is 0 Å². The monoisotopic (exact) mass is 382 g/mol. The summed E-state index contributed by atoms with van der Waals surface area (Å²) >= 11 is 0. The van der Waals surface area contributed by atoms with Gasteiger partial charge in [0.15, 0.2) is 6.20 Å². The fourth-order valence-corrected chi connectivity index (χ4v) is 8.18. The molecule has 1 atom stereocenters. The molecule has 3 aromatic carbocycles. The Labute approximate surface area is 167 Å². The molecule has 1 aliphatic carbocycles. The average molecular weight is 382 g/mol. The van der Waals surface area contributed by atoms with Crippen LogP contribution in [0.25, 0.3) is 32.8 Å². The van der Waals surface area contributed by atoms with E-state index in [0.29, 0.717) is 0 Å². The van der Waals surface area contributed by atoms with Gasteiger partial charge in [0.25, 0.3) is 0 Å². The lowest BCUT2D eigenvalue weighted by Gasteiger charge is -2.32. The number of aryl methyl sites for hydroxylation is 5. The third-order valence-corrected chi connectivity index (χ3v) is 9.16. The number of hydrogen-bond donors (Lipinski definition) is 0. The summed E-state index contributed by atoms with van der Waals surface area (Å²) in [6.07, 6.45) is 5.98. The quantitative estimate of drug-likeness (QED) is 0.299. The van der Waals surface area contributed by atoms with Gasteiger partial charge in [0.2, 0.25) is 5.69 Å². The molecule has 0 radical (unpaired) electrons. The molecule has 0 spiro atoms. The largest absolute Gasteiger partial charge is 0.221 e. The van der Waals surface area contributed by atoms with Gasteiger partial charge in [-0.25, -0.2) is 4.57 Å². The van der Waals surface area contributed by atoms with Gasteiger partial charge in [-0.05, 0) is 96.7 Å². The van der Waals surface area contributed by atoms with Crippen LogP contribution in [0.4, 0.5) is 0 Å². The van der Waals surface area contributed by atoms with E-state index in [1.807, 2.05) is 0 Å². The summed E-state index contributed by atoms with van der Waals surface area (Å²) in [4.78, 5) is 0. The zero-order chi connectivity index (χ0) is 19.2. The fraction of sp³-hybridized carbons (Fsp3) is 0.269. The van der Waals surface area contributed by atoms with Crippen molar-refractivity contribution in [1.29, 1.82) is 0 Å². The van der Waals surface area contributed by atoms with Crippen molar-refractivity contribution in [3.05, 3.63) is 64.8 Å². The zero-order valence-corrected chi connectivity index (χ0v) is 18.0. The van der Waals surface area contributed by atoms with Gasteiger partial charge in [-0.3, -0.25) is 0 Å². The van der Waals surface area contributed by atoms with E-state index in [9.17, 15) is 0 Å². The molecule has 0 fully saturated rings. The van der Waals surface area contributed by atoms with Crippen molar-refractivity contribution in [2.75, 3.05) is 6.66 Å². The van der Waals surface area contributed by atoms with E-state index in [1.54, 1.807) is 27.1 Å². The van der Waals surface area contributed by atoms with Crippen LogP contribution >= 0.6 is 7.92 Å². The van der Waals surface area contributed by atoms with Gasteiger partial charge in [0.1, 0.15) is 7.05 Å². The Hall–Kier alpha value is -2.24. The first-order chi connectivity index (χ1) is 13.6. The number of nitrogens with zero attached hydrogens (tertiary/aromatic N) is 1. The van der Waals surface area contributed by atoms with Crippen LogP contribution in [-0.2, 0) is 19.9 Å². The van der Waals surface area contributed by atoms with Crippen LogP contribution in [0.15, 0.2) is 42.6 Å². The maximum absolute atomic E-state index is 2.50.